The minimum absolute atomic E-state index is 0.279. The molecule has 0 N–H and O–H groups in total. The molecule has 2 aliphatic rings. The second-order valence-electron chi connectivity index (χ2n) is 9.65. The smallest absolute Gasteiger partial charge is 0.338 e. The van der Waals surface area contributed by atoms with E-state index < -0.39 is 24.0 Å². The Balaban J connectivity index is 1.55. The van der Waals surface area contributed by atoms with Crippen molar-refractivity contribution in [3.05, 3.63) is 11.3 Å². The summed E-state index contributed by atoms with van der Waals surface area (Å²) in [5.74, 6) is -1.24. The molecule has 0 aromatic heterocycles. The van der Waals surface area contributed by atoms with Crippen LogP contribution >= 0.6 is 0 Å². The molecule has 0 aromatic rings. The van der Waals surface area contributed by atoms with Gasteiger partial charge in [-0.2, -0.15) is 0 Å². The number of unbranched alkanes of at least 4 members (excludes halogenated alkanes) is 12. The Morgan fingerprint density at radius 1 is 0.938 bits per heavy atom. The van der Waals surface area contributed by atoms with Gasteiger partial charge in [-0.1, -0.05) is 84.0 Å². The summed E-state index contributed by atoms with van der Waals surface area (Å²) >= 11 is 0. The lowest BCUT2D eigenvalue weighted by molar-refractivity contribution is -0.164. The zero-order chi connectivity index (χ0) is 23.4. The second-order valence-corrected chi connectivity index (χ2v) is 9.65. The van der Waals surface area contributed by atoms with Crippen LogP contribution in [0, 0.1) is 0 Å². The molecule has 2 heterocycles. The normalized spacial score (nSPS) is 22.4. The van der Waals surface area contributed by atoms with Gasteiger partial charge in [-0.3, -0.25) is 4.79 Å². The van der Waals surface area contributed by atoms with Crippen LogP contribution in [0.4, 0.5) is 0 Å². The van der Waals surface area contributed by atoms with Gasteiger partial charge in [0, 0.05) is 6.42 Å². The van der Waals surface area contributed by atoms with E-state index in [0.717, 1.165) is 19.3 Å². The Morgan fingerprint density at radius 2 is 1.47 bits per heavy atom. The molecule has 2 aliphatic heterocycles. The van der Waals surface area contributed by atoms with Crippen molar-refractivity contribution in [2.24, 2.45) is 0 Å². The van der Waals surface area contributed by atoms with Gasteiger partial charge in [-0.25, -0.2) is 4.79 Å². The molecule has 0 aliphatic carbocycles. The van der Waals surface area contributed by atoms with Crippen molar-refractivity contribution in [2.75, 3.05) is 6.61 Å². The van der Waals surface area contributed by atoms with E-state index in [2.05, 4.69) is 6.92 Å². The van der Waals surface area contributed by atoms with Gasteiger partial charge in [0.05, 0.1) is 12.2 Å². The number of rotatable bonds is 16. The van der Waals surface area contributed by atoms with E-state index in [1.54, 1.807) is 20.8 Å². The first-order valence-electron chi connectivity index (χ1n) is 12.8. The molecule has 1 saturated heterocycles. The molecule has 32 heavy (non-hydrogen) atoms. The monoisotopic (exact) mass is 452 g/mol. The van der Waals surface area contributed by atoms with Crippen molar-refractivity contribution in [1.29, 1.82) is 0 Å². The van der Waals surface area contributed by atoms with Crippen LogP contribution in [0.25, 0.3) is 0 Å². The van der Waals surface area contributed by atoms with Gasteiger partial charge in [-0.05, 0) is 27.2 Å². The Kier molecular flexibility index (Phi) is 11.7. The van der Waals surface area contributed by atoms with Crippen LogP contribution in [-0.4, -0.2) is 36.5 Å². The maximum absolute atomic E-state index is 12.3. The van der Waals surface area contributed by atoms with E-state index in [1.165, 1.54) is 64.2 Å². The molecule has 0 unspecified atom stereocenters. The highest BCUT2D eigenvalue weighted by Gasteiger charge is 2.46. The van der Waals surface area contributed by atoms with Gasteiger partial charge in [0.15, 0.2) is 17.7 Å². The molecule has 184 valence electrons. The summed E-state index contributed by atoms with van der Waals surface area (Å²) in [5, 5.41) is 0. The molecule has 6 heteroatoms. The van der Waals surface area contributed by atoms with Gasteiger partial charge < -0.3 is 18.9 Å². The standard InChI is InChI=1S/C26H44O6/c1-5-6-7-8-9-10-11-12-13-14-15-16-17-18-22(27)30-23-20(2)25(28)31-24(23)21-19-29-26(3,4)32-21/h21,24H,5-19H2,1-4H3/t21-,24+/m0/s1. The number of hydrogen-bond donors (Lipinski definition) is 0. The van der Waals surface area contributed by atoms with Crippen molar-refractivity contribution in [2.45, 2.75) is 136 Å². The first-order valence-corrected chi connectivity index (χ1v) is 12.8. The highest BCUT2D eigenvalue weighted by molar-refractivity contribution is 5.92. The highest BCUT2D eigenvalue weighted by atomic mass is 16.8. The summed E-state index contributed by atoms with van der Waals surface area (Å²) in [6.45, 7) is 7.78. The van der Waals surface area contributed by atoms with Crippen LogP contribution in [-0.2, 0) is 28.5 Å². The fourth-order valence-electron chi connectivity index (χ4n) is 4.28. The number of carbonyl (C=O) groups excluding carboxylic acids is 2. The number of cyclic esters (lactones) is 1. The van der Waals surface area contributed by atoms with Gasteiger partial charge in [0.1, 0.15) is 6.10 Å². The lowest BCUT2D eigenvalue weighted by atomic mass is 10.0. The summed E-state index contributed by atoms with van der Waals surface area (Å²) in [4.78, 5) is 24.4. The van der Waals surface area contributed by atoms with Gasteiger partial charge in [-0.15, -0.1) is 0 Å². The zero-order valence-electron chi connectivity index (χ0n) is 20.7. The molecule has 0 bridgehead atoms. The van der Waals surface area contributed by atoms with E-state index in [4.69, 9.17) is 18.9 Å². The zero-order valence-corrected chi connectivity index (χ0v) is 20.7. The van der Waals surface area contributed by atoms with Gasteiger partial charge in [0.25, 0.3) is 0 Å². The minimum atomic E-state index is -0.739. The fourth-order valence-corrected chi connectivity index (χ4v) is 4.28. The van der Waals surface area contributed by atoms with Gasteiger partial charge in [0.2, 0.25) is 0 Å². The Morgan fingerprint density at radius 3 is 1.97 bits per heavy atom. The van der Waals surface area contributed by atoms with Crippen molar-refractivity contribution in [3.63, 3.8) is 0 Å². The highest BCUT2D eigenvalue weighted by Crippen LogP contribution is 2.33. The second kappa shape index (κ2) is 14.0. The van der Waals surface area contributed by atoms with E-state index >= 15 is 0 Å². The van der Waals surface area contributed by atoms with Crippen molar-refractivity contribution in [1.82, 2.24) is 0 Å². The third-order valence-electron chi connectivity index (χ3n) is 6.24. The third kappa shape index (κ3) is 9.22. The molecule has 1 fully saturated rings. The number of hydrogen-bond acceptors (Lipinski definition) is 6. The summed E-state index contributed by atoms with van der Waals surface area (Å²) in [5.41, 5.74) is 0.335. The molecule has 6 nitrogen and oxygen atoms in total. The summed E-state index contributed by atoms with van der Waals surface area (Å²) in [6.07, 6.45) is 15.5. The summed E-state index contributed by atoms with van der Waals surface area (Å²) in [7, 11) is 0. The number of ether oxygens (including phenoxy) is 4. The topological polar surface area (TPSA) is 71.1 Å². The molecule has 0 aromatic carbocycles. The van der Waals surface area contributed by atoms with Crippen LogP contribution in [0.5, 0.6) is 0 Å². The maximum Gasteiger partial charge on any atom is 0.338 e. The van der Waals surface area contributed by atoms with E-state index in [-0.39, 0.29) is 18.3 Å². The van der Waals surface area contributed by atoms with Crippen molar-refractivity contribution >= 4 is 11.9 Å². The first kappa shape index (κ1) is 26.8. The molecule has 0 saturated carbocycles. The molecule has 2 atom stereocenters. The third-order valence-corrected chi connectivity index (χ3v) is 6.24. The van der Waals surface area contributed by atoms with Crippen LogP contribution in [0.3, 0.4) is 0 Å². The Labute approximate surface area is 194 Å². The first-order chi connectivity index (χ1) is 15.3. The maximum atomic E-state index is 12.3. The summed E-state index contributed by atoms with van der Waals surface area (Å²) < 4.78 is 22.3. The Hall–Kier alpha value is -1.40. The number of esters is 2. The van der Waals surface area contributed by atoms with Crippen LogP contribution in [0.2, 0.25) is 0 Å². The molecular formula is C26H44O6. The Bertz CT molecular complexity index is 624. The summed E-state index contributed by atoms with van der Waals surface area (Å²) in [6, 6.07) is 0. The fraction of sp³-hybridized carbons (Fsp3) is 0.846. The minimum Gasteiger partial charge on any atom is -0.448 e. The average Bonchev–Trinajstić information content (AvgIpc) is 3.25. The molecule has 2 rings (SSSR count). The van der Waals surface area contributed by atoms with E-state index in [9.17, 15) is 9.59 Å². The predicted octanol–water partition coefficient (Wildman–Crippen LogP) is 6.36. The number of carbonyl (C=O) groups is 2. The van der Waals surface area contributed by atoms with Crippen molar-refractivity contribution < 1.29 is 28.5 Å². The van der Waals surface area contributed by atoms with Crippen LogP contribution in [0.15, 0.2) is 11.3 Å². The molecule has 0 radical (unpaired) electrons. The molecule has 0 amide bonds. The lowest BCUT2D eigenvalue weighted by Gasteiger charge is -2.21. The SMILES string of the molecule is CCCCCCCCCCCCCCCC(=O)OC1=C(C)C(=O)O[C@@H]1[C@@H]1COC(C)(C)O1. The van der Waals surface area contributed by atoms with Crippen LogP contribution in [0.1, 0.15) is 118 Å². The van der Waals surface area contributed by atoms with E-state index in [0.29, 0.717) is 12.0 Å². The quantitative estimate of drug-likeness (QED) is 0.200. The predicted molar refractivity (Wildman–Crippen MR) is 124 cm³/mol. The largest absolute Gasteiger partial charge is 0.448 e. The van der Waals surface area contributed by atoms with Crippen LogP contribution < -0.4 is 0 Å². The van der Waals surface area contributed by atoms with Crippen molar-refractivity contribution in [3.8, 4) is 0 Å². The average molecular weight is 453 g/mol. The van der Waals surface area contributed by atoms with Gasteiger partial charge >= 0.3 is 11.9 Å². The lowest BCUT2D eigenvalue weighted by Crippen LogP contribution is -2.34. The molecular weight excluding hydrogens is 408 g/mol. The molecule has 0 spiro atoms. The van der Waals surface area contributed by atoms with E-state index in [1.807, 2.05) is 0 Å².